The van der Waals surface area contributed by atoms with Crippen LogP contribution in [0.3, 0.4) is 0 Å². The molecule has 0 spiro atoms. The first kappa shape index (κ1) is 14.4. The zero-order chi connectivity index (χ0) is 14.4. The maximum atomic E-state index is 10.7. The quantitative estimate of drug-likeness (QED) is 0.781. The number of ether oxygens (including phenoxy) is 2. The standard InChI is InChI=1S/C16H15ClO3/c1-12(18)19-10-14-4-8-16(9-5-14)20-11-13-2-6-15(17)7-3-13/h2-9H,10-11H2,1H3. The zero-order valence-corrected chi connectivity index (χ0v) is 11.9. The van der Waals surface area contributed by atoms with Gasteiger partial charge in [0, 0.05) is 11.9 Å². The van der Waals surface area contributed by atoms with Gasteiger partial charge in [0.2, 0.25) is 0 Å². The molecular weight excluding hydrogens is 276 g/mol. The Hall–Kier alpha value is -2.00. The van der Waals surface area contributed by atoms with E-state index in [-0.39, 0.29) is 12.6 Å². The van der Waals surface area contributed by atoms with Gasteiger partial charge >= 0.3 is 5.97 Å². The van der Waals surface area contributed by atoms with Crippen molar-refractivity contribution in [2.45, 2.75) is 20.1 Å². The predicted molar refractivity (Wildman–Crippen MR) is 77.7 cm³/mol. The van der Waals surface area contributed by atoms with Gasteiger partial charge in [0.15, 0.2) is 0 Å². The molecule has 3 nitrogen and oxygen atoms in total. The molecule has 4 heteroatoms. The monoisotopic (exact) mass is 290 g/mol. The van der Waals surface area contributed by atoms with Crippen molar-refractivity contribution < 1.29 is 14.3 Å². The minimum absolute atomic E-state index is 0.284. The molecule has 0 fully saturated rings. The Morgan fingerprint density at radius 3 is 2.10 bits per heavy atom. The van der Waals surface area contributed by atoms with Gasteiger partial charge in [0.25, 0.3) is 0 Å². The van der Waals surface area contributed by atoms with Crippen molar-refractivity contribution >= 4 is 17.6 Å². The van der Waals surface area contributed by atoms with Gasteiger partial charge in [-0.1, -0.05) is 35.9 Å². The van der Waals surface area contributed by atoms with Gasteiger partial charge in [-0.15, -0.1) is 0 Å². The molecular formula is C16H15ClO3. The van der Waals surface area contributed by atoms with Gasteiger partial charge in [0.1, 0.15) is 19.0 Å². The average Bonchev–Trinajstić information content (AvgIpc) is 2.45. The number of hydrogen-bond donors (Lipinski definition) is 0. The van der Waals surface area contributed by atoms with Crippen molar-refractivity contribution in [3.05, 3.63) is 64.7 Å². The lowest BCUT2D eigenvalue weighted by molar-refractivity contribution is -0.142. The summed E-state index contributed by atoms with van der Waals surface area (Å²) in [6, 6.07) is 15.0. The molecule has 2 rings (SSSR count). The van der Waals surface area contributed by atoms with Crippen molar-refractivity contribution in [1.29, 1.82) is 0 Å². The summed E-state index contributed by atoms with van der Waals surface area (Å²) in [5.41, 5.74) is 1.98. The molecule has 0 unspecified atom stereocenters. The molecule has 2 aromatic rings. The second-order valence-electron chi connectivity index (χ2n) is 4.34. The lowest BCUT2D eigenvalue weighted by Crippen LogP contribution is -1.99. The molecule has 0 amide bonds. The van der Waals surface area contributed by atoms with Gasteiger partial charge < -0.3 is 9.47 Å². The third kappa shape index (κ3) is 4.59. The summed E-state index contributed by atoms with van der Waals surface area (Å²) in [7, 11) is 0. The number of hydrogen-bond acceptors (Lipinski definition) is 3. The van der Waals surface area contributed by atoms with E-state index in [2.05, 4.69) is 0 Å². The van der Waals surface area contributed by atoms with E-state index in [4.69, 9.17) is 21.1 Å². The van der Waals surface area contributed by atoms with Crippen LogP contribution in [0.2, 0.25) is 5.02 Å². The number of benzene rings is 2. The minimum atomic E-state index is -0.284. The molecule has 20 heavy (non-hydrogen) atoms. The maximum Gasteiger partial charge on any atom is 0.302 e. The minimum Gasteiger partial charge on any atom is -0.489 e. The molecule has 0 aromatic heterocycles. The highest BCUT2D eigenvalue weighted by molar-refractivity contribution is 6.30. The number of halogens is 1. The second kappa shape index (κ2) is 6.96. The van der Waals surface area contributed by atoms with Crippen molar-refractivity contribution in [1.82, 2.24) is 0 Å². The molecule has 0 N–H and O–H groups in total. The lowest BCUT2D eigenvalue weighted by Gasteiger charge is -2.07. The van der Waals surface area contributed by atoms with Crippen LogP contribution in [0.4, 0.5) is 0 Å². The third-order valence-electron chi connectivity index (χ3n) is 2.68. The molecule has 0 aliphatic heterocycles. The molecule has 0 aliphatic rings. The summed E-state index contributed by atoms with van der Waals surface area (Å²) in [4.78, 5) is 10.7. The molecule has 0 saturated heterocycles. The van der Waals surface area contributed by atoms with E-state index in [0.717, 1.165) is 16.9 Å². The SMILES string of the molecule is CC(=O)OCc1ccc(OCc2ccc(Cl)cc2)cc1. The van der Waals surface area contributed by atoms with Crippen LogP contribution in [0.25, 0.3) is 0 Å². The van der Waals surface area contributed by atoms with Crippen LogP contribution >= 0.6 is 11.6 Å². The summed E-state index contributed by atoms with van der Waals surface area (Å²) in [6.07, 6.45) is 0. The molecule has 2 aromatic carbocycles. The van der Waals surface area contributed by atoms with Crippen molar-refractivity contribution in [2.75, 3.05) is 0 Å². The zero-order valence-electron chi connectivity index (χ0n) is 11.1. The van der Waals surface area contributed by atoms with Crippen molar-refractivity contribution in [3.63, 3.8) is 0 Å². The first-order valence-electron chi connectivity index (χ1n) is 6.23. The molecule has 0 bridgehead atoms. The van der Waals surface area contributed by atoms with Crippen LogP contribution in [-0.2, 0) is 22.7 Å². The Kier molecular flexibility index (Phi) is 5.02. The smallest absolute Gasteiger partial charge is 0.302 e. The summed E-state index contributed by atoms with van der Waals surface area (Å²) < 4.78 is 10.6. The molecule has 0 saturated carbocycles. The number of carbonyl (C=O) groups is 1. The highest BCUT2D eigenvalue weighted by Gasteiger charge is 1.99. The largest absolute Gasteiger partial charge is 0.489 e. The fourth-order valence-electron chi connectivity index (χ4n) is 1.61. The molecule has 0 heterocycles. The highest BCUT2D eigenvalue weighted by Crippen LogP contribution is 2.16. The van der Waals surface area contributed by atoms with Crippen molar-refractivity contribution in [2.24, 2.45) is 0 Å². The average molecular weight is 291 g/mol. The van der Waals surface area contributed by atoms with Crippen molar-refractivity contribution in [3.8, 4) is 5.75 Å². The fraction of sp³-hybridized carbons (Fsp3) is 0.188. The van der Waals surface area contributed by atoms with Gasteiger partial charge in [-0.2, -0.15) is 0 Å². The Morgan fingerprint density at radius 2 is 1.50 bits per heavy atom. The van der Waals surface area contributed by atoms with E-state index in [9.17, 15) is 4.79 Å². The first-order chi connectivity index (χ1) is 9.63. The molecule has 0 radical (unpaired) electrons. The number of rotatable bonds is 5. The van der Waals surface area contributed by atoms with E-state index in [1.165, 1.54) is 6.92 Å². The van der Waals surface area contributed by atoms with Gasteiger partial charge in [-0.3, -0.25) is 4.79 Å². The van der Waals surface area contributed by atoms with E-state index in [1.807, 2.05) is 48.5 Å². The summed E-state index contributed by atoms with van der Waals surface area (Å²) >= 11 is 5.82. The second-order valence-corrected chi connectivity index (χ2v) is 4.78. The summed E-state index contributed by atoms with van der Waals surface area (Å²) in [5.74, 6) is 0.486. The first-order valence-corrected chi connectivity index (χ1v) is 6.61. The van der Waals surface area contributed by atoms with E-state index >= 15 is 0 Å². The summed E-state index contributed by atoms with van der Waals surface area (Å²) in [5, 5.41) is 0.712. The van der Waals surface area contributed by atoms with Gasteiger partial charge in [-0.25, -0.2) is 0 Å². The Balaban J connectivity index is 1.87. The number of carbonyl (C=O) groups excluding carboxylic acids is 1. The van der Waals surface area contributed by atoms with Crippen LogP contribution in [-0.4, -0.2) is 5.97 Å². The van der Waals surface area contributed by atoms with Crippen LogP contribution in [0.1, 0.15) is 18.1 Å². The van der Waals surface area contributed by atoms with Crippen LogP contribution in [0, 0.1) is 0 Å². The normalized spacial score (nSPS) is 10.1. The fourth-order valence-corrected chi connectivity index (χ4v) is 1.74. The Morgan fingerprint density at radius 1 is 0.950 bits per heavy atom. The van der Waals surface area contributed by atoms with Crippen LogP contribution in [0.5, 0.6) is 5.75 Å². The molecule has 0 aliphatic carbocycles. The third-order valence-corrected chi connectivity index (χ3v) is 2.94. The van der Waals surface area contributed by atoms with E-state index in [0.29, 0.717) is 11.6 Å². The lowest BCUT2D eigenvalue weighted by atomic mass is 10.2. The predicted octanol–water partition coefficient (Wildman–Crippen LogP) is 3.98. The van der Waals surface area contributed by atoms with E-state index in [1.54, 1.807) is 0 Å². The topological polar surface area (TPSA) is 35.5 Å². The van der Waals surface area contributed by atoms with Crippen LogP contribution in [0.15, 0.2) is 48.5 Å². The Bertz CT molecular complexity index is 561. The van der Waals surface area contributed by atoms with Gasteiger partial charge in [0.05, 0.1) is 0 Å². The highest BCUT2D eigenvalue weighted by atomic mass is 35.5. The molecule has 104 valence electrons. The van der Waals surface area contributed by atoms with Gasteiger partial charge in [-0.05, 0) is 35.4 Å². The Labute approximate surface area is 123 Å². The van der Waals surface area contributed by atoms with Crippen LogP contribution < -0.4 is 4.74 Å². The maximum absolute atomic E-state index is 10.7. The molecule has 0 atom stereocenters. The van der Waals surface area contributed by atoms with E-state index < -0.39 is 0 Å². The summed E-state index contributed by atoms with van der Waals surface area (Å²) in [6.45, 7) is 2.16. The number of esters is 1.